The van der Waals surface area contributed by atoms with Crippen LogP contribution in [0, 0.1) is 6.92 Å². The summed E-state index contributed by atoms with van der Waals surface area (Å²) in [5, 5.41) is 2.79. The number of aryl methyl sites for hydroxylation is 1. The van der Waals surface area contributed by atoms with Crippen LogP contribution in [-0.2, 0) is 11.3 Å². The topological polar surface area (TPSA) is 73.2 Å². The highest BCUT2D eigenvalue weighted by Gasteiger charge is 2.09. The first-order valence-corrected chi connectivity index (χ1v) is 7.05. The van der Waals surface area contributed by atoms with E-state index in [1.165, 1.54) is 17.0 Å². The number of carbonyl (C=O) groups excluding carboxylic acids is 1. The maximum absolute atomic E-state index is 11.9. The molecule has 1 aromatic carbocycles. The average Bonchev–Trinajstić information content (AvgIpc) is 2.49. The Morgan fingerprint density at radius 1 is 1.36 bits per heavy atom. The Bertz CT molecular complexity index is 680. The van der Waals surface area contributed by atoms with Crippen LogP contribution in [0.5, 0.6) is 5.75 Å². The zero-order valence-electron chi connectivity index (χ0n) is 12.7. The third-order valence-corrected chi connectivity index (χ3v) is 3.03. The van der Waals surface area contributed by atoms with E-state index in [1.54, 1.807) is 6.07 Å². The minimum absolute atomic E-state index is 0.0540. The Hall–Kier alpha value is -2.63. The van der Waals surface area contributed by atoms with Crippen LogP contribution >= 0.6 is 0 Å². The van der Waals surface area contributed by atoms with E-state index in [2.05, 4.69) is 10.3 Å². The van der Waals surface area contributed by atoms with Crippen molar-refractivity contribution in [1.82, 2.24) is 14.9 Å². The summed E-state index contributed by atoms with van der Waals surface area (Å²) in [6.07, 6.45) is 2.93. The van der Waals surface area contributed by atoms with Crippen molar-refractivity contribution in [2.24, 2.45) is 0 Å². The van der Waals surface area contributed by atoms with Crippen molar-refractivity contribution >= 4 is 5.91 Å². The average molecular weight is 301 g/mol. The minimum Gasteiger partial charge on any atom is -0.491 e. The summed E-state index contributed by atoms with van der Waals surface area (Å²) in [6.45, 7) is 4.16. The Morgan fingerprint density at radius 3 is 2.77 bits per heavy atom. The Kier molecular flexibility index (Phi) is 5.30. The molecule has 0 saturated heterocycles. The number of hydrogen-bond donors (Lipinski definition) is 1. The van der Waals surface area contributed by atoms with Gasteiger partial charge in [-0.15, -0.1) is 0 Å². The van der Waals surface area contributed by atoms with Gasteiger partial charge in [-0.2, -0.15) is 0 Å². The zero-order chi connectivity index (χ0) is 15.9. The fourth-order valence-corrected chi connectivity index (χ4v) is 1.88. The number of hydrogen-bond acceptors (Lipinski definition) is 4. The molecule has 22 heavy (non-hydrogen) atoms. The van der Waals surface area contributed by atoms with Crippen LogP contribution in [0.4, 0.5) is 0 Å². The lowest BCUT2D eigenvalue weighted by Crippen LogP contribution is -2.40. The van der Waals surface area contributed by atoms with E-state index in [0.717, 1.165) is 11.3 Å². The van der Waals surface area contributed by atoms with Gasteiger partial charge < -0.3 is 10.1 Å². The van der Waals surface area contributed by atoms with Crippen molar-refractivity contribution in [3.63, 3.8) is 0 Å². The predicted molar refractivity (Wildman–Crippen MR) is 82.8 cm³/mol. The first-order valence-electron chi connectivity index (χ1n) is 7.05. The number of nitrogens with one attached hydrogen (secondary N) is 1. The van der Waals surface area contributed by atoms with Crippen LogP contribution in [0.25, 0.3) is 0 Å². The Morgan fingerprint density at radius 2 is 2.09 bits per heavy atom. The molecule has 0 radical (unpaired) electrons. The molecule has 0 fully saturated rings. The van der Waals surface area contributed by atoms with Gasteiger partial charge in [0, 0.05) is 12.4 Å². The molecule has 0 spiro atoms. The molecular weight excluding hydrogens is 282 g/mol. The molecular formula is C16H19N3O3. The second-order valence-electron chi connectivity index (χ2n) is 5.12. The molecule has 1 heterocycles. The number of rotatable bonds is 6. The van der Waals surface area contributed by atoms with Crippen LogP contribution in [-0.4, -0.2) is 28.1 Å². The smallest absolute Gasteiger partial charge is 0.347 e. The molecule has 1 N–H and O–H groups in total. The fourth-order valence-electron chi connectivity index (χ4n) is 1.88. The van der Waals surface area contributed by atoms with Gasteiger partial charge in [-0.05, 0) is 32.0 Å². The predicted octanol–water partition coefficient (Wildman–Crippen LogP) is 1.14. The van der Waals surface area contributed by atoms with Crippen molar-refractivity contribution in [2.45, 2.75) is 26.4 Å². The van der Waals surface area contributed by atoms with Gasteiger partial charge in [0.1, 0.15) is 18.9 Å². The number of aromatic nitrogens is 2. The SMILES string of the molecule is Cc1ccc(OCC(C)NC(=O)Cn2cccnc2=O)cc1. The molecule has 0 aliphatic heterocycles. The first kappa shape index (κ1) is 15.8. The highest BCUT2D eigenvalue weighted by Crippen LogP contribution is 2.11. The van der Waals surface area contributed by atoms with Crippen LogP contribution < -0.4 is 15.7 Å². The van der Waals surface area contributed by atoms with Gasteiger partial charge in [0.15, 0.2) is 0 Å². The van der Waals surface area contributed by atoms with Gasteiger partial charge >= 0.3 is 5.69 Å². The van der Waals surface area contributed by atoms with Crippen LogP contribution in [0.2, 0.25) is 0 Å². The summed E-state index contributed by atoms with van der Waals surface area (Å²) in [6, 6.07) is 9.15. The van der Waals surface area contributed by atoms with Crippen LogP contribution in [0.1, 0.15) is 12.5 Å². The van der Waals surface area contributed by atoms with Gasteiger partial charge in [0.25, 0.3) is 0 Å². The van der Waals surface area contributed by atoms with Crippen molar-refractivity contribution < 1.29 is 9.53 Å². The summed E-state index contributed by atoms with van der Waals surface area (Å²) in [4.78, 5) is 26.9. The number of nitrogens with zero attached hydrogens (tertiary/aromatic N) is 2. The molecule has 0 bridgehead atoms. The third-order valence-electron chi connectivity index (χ3n) is 3.03. The van der Waals surface area contributed by atoms with E-state index in [9.17, 15) is 9.59 Å². The van der Waals surface area contributed by atoms with Crippen molar-refractivity contribution in [1.29, 1.82) is 0 Å². The maximum Gasteiger partial charge on any atom is 0.347 e. The van der Waals surface area contributed by atoms with Gasteiger partial charge in [-0.25, -0.2) is 9.78 Å². The molecule has 1 amide bonds. The van der Waals surface area contributed by atoms with Gasteiger partial charge in [-0.3, -0.25) is 9.36 Å². The van der Waals surface area contributed by atoms with Crippen molar-refractivity contribution in [3.8, 4) is 5.75 Å². The number of carbonyl (C=O) groups is 1. The highest BCUT2D eigenvalue weighted by atomic mass is 16.5. The van der Waals surface area contributed by atoms with E-state index in [4.69, 9.17) is 4.74 Å². The minimum atomic E-state index is -0.443. The third kappa shape index (κ3) is 4.73. The summed E-state index contributed by atoms with van der Waals surface area (Å²) in [5.41, 5.74) is 0.719. The van der Waals surface area contributed by atoms with E-state index < -0.39 is 5.69 Å². The summed E-state index contributed by atoms with van der Waals surface area (Å²) >= 11 is 0. The van der Waals surface area contributed by atoms with Gasteiger partial charge in [0.2, 0.25) is 5.91 Å². The molecule has 0 aliphatic carbocycles. The lowest BCUT2D eigenvalue weighted by atomic mass is 10.2. The van der Waals surface area contributed by atoms with E-state index in [-0.39, 0.29) is 18.5 Å². The first-order chi connectivity index (χ1) is 10.5. The molecule has 0 aliphatic rings. The molecule has 6 nitrogen and oxygen atoms in total. The van der Waals surface area contributed by atoms with E-state index in [0.29, 0.717) is 6.61 Å². The molecule has 1 aromatic heterocycles. The van der Waals surface area contributed by atoms with Crippen LogP contribution in [0.3, 0.4) is 0 Å². The maximum atomic E-state index is 11.9. The number of amides is 1. The zero-order valence-corrected chi connectivity index (χ0v) is 12.7. The number of benzene rings is 1. The van der Waals surface area contributed by atoms with Gasteiger partial charge in [-0.1, -0.05) is 17.7 Å². The lowest BCUT2D eigenvalue weighted by molar-refractivity contribution is -0.122. The Balaban J connectivity index is 1.80. The molecule has 0 saturated carbocycles. The molecule has 116 valence electrons. The van der Waals surface area contributed by atoms with E-state index in [1.807, 2.05) is 38.1 Å². The Labute approximate surface area is 128 Å². The molecule has 1 atom stereocenters. The monoisotopic (exact) mass is 301 g/mol. The van der Waals surface area contributed by atoms with Crippen molar-refractivity contribution in [3.05, 3.63) is 58.8 Å². The molecule has 1 unspecified atom stereocenters. The molecule has 2 aromatic rings. The van der Waals surface area contributed by atoms with Crippen LogP contribution in [0.15, 0.2) is 47.5 Å². The highest BCUT2D eigenvalue weighted by molar-refractivity contribution is 5.75. The summed E-state index contributed by atoms with van der Waals surface area (Å²) < 4.78 is 6.85. The summed E-state index contributed by atoms with van der Waals surface area (Å²) in [7, 11) is 0. The van der Waals surface area contributed by atoms with E-state index >= 15 is 0 Å². The van der Waals surface area contributed by atoms with Gasteiger partial charge in [0.05, 0.1) is 6.04 Å². The largest absolute Gasteiger partial charge is 0.491 e. The second kappa shape index (κ2) is 7.40. The fraction of sp³-hybridized carbons (Fsp3) is 0.312. The second-order valence-corrected chi connectivity index (χ2v) is 5.12. The molecule has 2 rings (SSSR count). The summed E-state index contributed by atoms with van der Waals surface area (Å²) in [5.74, 6) is 0.505. The number of ether oxygens (including phenoxy) is 1. The van der Waals surface area contributed by atoms with Crippen molar-refractivity contribution in [2.75, 3.05) is 6.61 Å². The standard InChI is InChI=1S/C16H19N3O3/c1-12-4-6-14(7-5-12)22-11-13(2)18-15(20)10-19-9-3-8-17-16(19)21/h3-9,13H,10-11H2,1-2H3,(H,18,20). The normalized spacial score (nSPS) is 11.7. The lowest BCUT2D eigenvalue weighted by Gasteiger charge is -2.15. The quantitative estimate of drug-likeness (QED) is 0.868. The molecule has 6 heteroatoms.